The zero-order valence-electron chi connectivity index (χ0n) is 10.1. The molecule has 1 aliphatic rings. The second-order valence-corrected chi connectivity index (χ2v) is 5.30. The number of carboxylic acids is 1. The van der Waals surface area contributed by atoms with Gasteiger partial charge in [0, 0.05) is 19.5 Å². The average Bonchev–Trinajstić information content (AvgIpc) is 2.74. The molecular formula is C11H15N3O3S. The van der Waals surface area contributed by atoms with Crippen LogP contribution in [0.4, 0.5) is 0 Å². The molecule has 1 aliphatic heterocycles. The van der Waals surface area contributed by atoms with Gasteiger partial charge >= 0.3 is 5.97 Å². The summed E-state index contributed by atoms with van der Waals surface area (Å²) in [4.78, 5) is 25.2. The summed E-state index contributed by atoms with van der Waals surface area (Å²) < 4.78 is 3.76. The number of carboxylic acid groups (broad SMARTS) is 1. The Hall–Kier alpha value is -1.50. The fourth-order valence-electron chi connectivity index (χ4n) is 2.23. The lowest BCUT2D eigenvalue weighted by molar-refractivity contribution is -0.138. The summed E-state index contributed by atoms with van der Waals surface area (Å²) in [5.41, 5.74) is 0.644. The molecule has 18 heavy (non-hydrogen) atoms. The Labute approximate surface area is 109 Å². The van der Waals surface area contributed by atoms with E-state index in [9.17, 15) is 9.59 Å². The van der Waals surface area contributed by atoms with Gasteiger partial charge in [-0.2, -0.15) is 0 Å². The van der Waals surface area contributed by atoms with Crippen molar-refractivity contribution in [2.24, 2.45) is 5.92 Å². The Bertz CT molecular complexity index is 460. The van der Waals surface area contributed by atoms with E-state index in [1.54, 1.807) is 11.8 Å². The van der Waals surface area contributed by atoms with Crippen LogP contribution in [0.5, 0.6) is 0 Å². The summed E-state index contributed by atoms with van der Waals surface area (Å²) in [6.07, 6.45) is 1.86. The van der Waals surface area contributed by atoms with Crippen molar-refractivity contribution in [3.05, 3.63) is 10.6 Å². The Morgan fingerprint density at radius 1 is 1.56 bits per heavy atom. The first-order valence-corrected chi connectivity index (χ1v) is 6.65. The molecule has 1 atom stereocenters. The molecule has 0 aromatic carbocycles. The number of aliphatic carboxylic acids is 1. The lowest BCUT2D eigenvalue weighted by atomic mass is 9.95. The average molecular weight is 269 g/mol. The molecule has 1 aromatic heterocycles. The minimum Gasteiger partial charge on any atom is -0.481 e. The first kappa shape index (κ1) is 12.9. The number of piperidine rings is 1. The molecule has 0 spiro atoms. The number of carbonyl (C=O) groups excluding carboxylic acids is 1. The first-order valence-electron chi connectivity index (χ1n) is 5.88. The van der Waals surface area contributed by atoms with E-state index in [4.69, 9.17) is 5.11 Å². The van der Waals surface area contributed by atoms with Crippen molar-refractivity contribution in [2.75, 3.05) is 13.1 Å². The largest absolute Gasteiger partial charge is 0.481 e. The lowest BCUT2D eigenvalue weighted by Crippen LogP contribution is -2.40. The van der Waals surface area contributed by atoms with Crippen molar-refractivity contribution in [3.8, 4) is 0 Å². The number of aromatic nitrogens is 2. The van der Waals surface area contributed by atoms with Gasteiger partial charge in [0.05, 0.1) is 5.69 Å². The Morgan fingerprint density at radius 3 is 2.94 bits per heavy atom. The highest BCUT2D eigenvalue weighted by Gasteiger charge is 2.27. The maximum Gasteiger partial charge on any atom is 0.303 e. The number of aryl methyl sites for hydroxylation is 1. The van der Waals surface area contributed by atoms with Gasteiger partial charge in [-0.15, -0.1) is 5.10 Å². The van der Waals surface area contributed by atoms with Gasteiger partial charge < -0.3 is 10.0 Å². The summed E-state index contributed by atoms with van der Waals surface area (Å²) in [6, 6.07) is 0. The lowest BCUT2D eigenvalue weighted by Gasteiger charge is -2.31. The predicted octanol–water partition coefficient (Wildman–Crippen LogP) is 1.17. The van der Waals surface area contributed by atoms with Gasteiger partial charge in [-0.3, -0.25) is 9.59 Å². The number of amides is 1. The number of carbonyl (C=O) groups is 2. The van der Waals surface area contributed by atoms with Crippen molar-refractivity contribution < 1.29 is 14.7 Å². The van der Waals surface area contributed by atoms with E-state index >= 15 is 0 Å². The molecule has 0 aliphatic carbocycles. The fraction of sp³-hybridized carbons (Fsp3) is 0.636. The molecule has 6 nitrogen and oxygen atoms in total. The zero-order valence-corrected chi connectivity index (χ0v) is 10.9. The van der Waals surface area contributed by atoms with Gasteiger partial charge in [-0.1, -0.05) is 4.49 Å². The molecule has 1 N–H and O–H groups in total. The Balaban J connectivity index is 2.03. The van der Waals surface area contributed by atoms with Gasteiger partial charge in [-0.25, -0.2) is 0 Å². The smallest absolute Gasteiger partial charge is 0.303 e. The van der Waals surface area contributed by atoms with Gasteiger partial charge in [0.2, 0.25) is 0 Å². The first-order chi connectivity index (χ1) is 8.58. The van der Waals surface area contributed by atoms with E-state index in [1.165, 1.54) is 0 Å². The highest BCUT2D eigenvalue weighted by atomic mass is 32.1. The van der Waals surface area contributed by atoms with Gasteiger partial charge in [-0.05, 0) is 37.2 Å². The zero-order chi connectivity index (χ0) is 13.1. The molecule has 98 valence electrons. The number of hydrogen-bond donors (Lipinski definition) is 1. The van der Waals surface area contributed by atoms with Crippen LogP contribution in [-0.4, -0.2) is 44.6 Å². The Kier molecular flexibility index (Phi) is 3.90. The number of nitrogens with zero attached hydrogens (tertiary/aromatic N) is 3. The van der Waals surface area contributed by atoms with Gasteiger partial charge in [0.15, 0.2) is 0 Å². The SMILES string of the molecule is Cc1nnsc1C(=O)N1CCCC(CC(=O)O)C1. The van der Waals surface area contributed by atoms with Crippen LogP contribution in [-0.2, 0) is 4.79 Å². The van der Waals surface area contributed by atoms with Gasteiger partial charge in [0.1, 0.15) is 4.88 Å². The third kappa shape index (κ3) is 2.84. The molecule has 0 saturated carbocycles. The summed E-state index contributed by atoms with van der Waals surface area (Å²) >= 11 is 1.10. The number of hydrogen-bond acceptors (Lipinski definition) is 5. The standard InChI is InChI=1S/C11H15N3O3S/c1-7-10(18-13-12-7)11(17)14-4-2-3-8(6-14)5-9(15)16/h8H,2-6H2,1H3,(H,15,16). The van der Waals surface area contributed by atoms with Crippen LogP contribution in [0.15, 0.2) is 0 Å². The molecule has 1 fully saturated rings. The molecular weight excluding hydrogens is 254 g/mol. The van der Waals surface area contributed by atoms with Crippen molar-refractivity contribution >= 4 is 23.4 Å². The van der Waals surface area contributed by atoms with E-state index in [-0.39, 0.29) is 18.2 Å². The Morgan fingerprint density at radius 2 is 2.33 bits per heavy atom. The normalized spacial score (nSPS) is 19.8. The predicted molar refractivity (Wildman–Crippen MR) is 65.5 cm³/mol. The molecule has 1 aromatic rings. The topological polar surface area (TPSA) is 83.4 Å². The van der Waals surface area contributed by atoms with Gasteiger partial charge in [0.25, 0.3) is 5.91 Å². The van der Waals surface area contributed by atoms with Crippen LogP contribution in [0.1, 0.15) is 34.6 Å². The highest BCUT2D eigenvalue weighted by Crippen LogP contribution is 2.22. The van der Waals surface area contributed by atoms with E-state index in [0.717, 1.165) is 24.4 Å². The van der Waals surface area contributed by atoms with E-state index < -0.39 is 5.97 Å². The molecule has 0 radical (unpaired) electrons. The van der Waals surface area contributed by atoms with E-state index in [0.29, 0.717) is 23.7 Å². The van der Waals surface area contributed by atoms with Crippen molar-refractivity contribution in [3.63, 3.8) is 0 Å². The number of likely N-dealkylation sites (tertiary alicyclic amines) is 1. The summed E-state index contributed by atoms with van der Waals surface area (Å²) in [7, 11) is 0. The minimum absolute atomic E-state index is 0.0568. The van der Waals surface area contributed by atoms with E-state index in [2.05, 4.69) is 9.59 Å². The fourth-order valence-corrected chi connectivity index (χ4v) is 2.86. The van der Waals surface area contributed by atoms with Crippen LogP contribution < -0.4 is 0 Å². The van der Waals surface area contributed by atoms with E-state index in [1.807, 2.05) is 0 Å². The van der Waals surface area contributed by atoms with Crippen molar-refractivity contribution in [1.82, 2.24) is 14.5 Å². The highest BCUT2D eigenvalue weighted by molar-refractivity contribution is 7.07. The second-order valence-electron chi connectivity index (χ2n) is 4.54. The van der Waals surface area contributed by atoms with Crippen LogP contribution in [0.3, 0.4) is 0 Å². The van der Waals surface area contributed by atoms with Crippen molar-refractivity contribution in [1.29, 1.82) is 0 Å². The molecule has 1 unspecified atom stereocenters. The van der Waals surface area contributed by atoms with Crippen LogP contribution in [0.25, 0.3) is 0 Å². The quantitative estimate of drug-likeness (QED) is 0.890. The molecule has 7 heteroatoms. The summed E-state index contributed by atoms with van der Waals surface area (Å²) in [5, 5.41) is 12.6. The van der Waals surface area contributed by atoms with Crippen LogP contribution >= 0.6 is 11.5 Å². The van der Waals surface area contributed by atoms with Crippen molar-refractivity contribution in [2.45, 2.75) is 26.2 Å². The maximum atomic E-state index is 12.2. The molecule has 1 saturated heterocycles. The molecule has 0 bridgehead atoms. The number of rotatable bonds is 3. The molecule has 1 amide bonds. The molecule has 2 heterocycles. The molecule has 2 rings (SSSR count). The second kappa shape index (κ2) is 5.43. The summed E-state index contributed by atoms with van der Waals surface area (Å²) in [5.74, 6) is -0.816. The maximum absolute atomic E-state index is 12.2. The van der Waals surface area contributed by atoms with Crippen LogP contribution in [0, 0.1) is 12.8 Å². The monoisotopic (exact) mass is 269 g/mol. The third-order valence-corrected chi connectivity index (χ3v) is 3.93. The summed E-state index contributed by atoms with van der Waals surface area (Å²) in [6.45, 7) is 2.96. The minimum atomic E-state index is -0.801. The van der Waals surface area contributed by atoms with Crippen LogP contribution in [0.2, 0.25) is 0 Å². The third-order valence-electron chi connectivity index (χ3n) is 3.12.